The molecule has 122 valence electrons. The Balaban J connectivity index is 1.66. The quantitative estimate of drug-likeness (QED) is 0.948. The minimum Gasteiger partial charge on any atom is -0.326 e. The Morgan fingerprint density at radius 3 is 2.39 bits per heavy atom. The van der Waals surface area contributed by atoms with Crippen molar-refractivity contribution in [2.75, 3.05) is 25.5 Å². The van der Waals surface area contributed by atoms with Crippen LogP contribution in [-0.2, 0) is 4.79 Å². The van der Waals surface area contributed by atoms with E-state index in [0.717, 1.165) is 48.7 Å². The average Bonchev–Trinajstić information content (AvgIpc) is 2.88. The van der Waals surface area contributed by atoms with E-state index in [4.69, 9.17) is 0 Å². The number of amides is 1. The molecule has 0 saturated carbocycles. The third-order valence-corrected chi connectivity index (χ3v) is 4.75. The Morgan fingerprint density at radius 2 is 1.83 bits per heavy atom. The number of carbonyl (C=O) groups is 1. The standard InChI is InChI=1S/C18H24N4O/c1-13-14(2)22(12-19-13)17-6-4-16(5-7-17)20-18(23)15-8-10-21(3)11-9-15/h4-7,12,15H,8-11H2,1-3H3,(H,20,23). The molecular weight excluding hydrogens is 288 g/mol. The van der Waals surface area contributed by atoms with E-state index in [1.54, 1.807) is 0 Å². The van der Waals surface area contributed by atoms with Crippen molar-refractivity contribution in [1.29, 1.82) is 0 Å². The first-order valence-electron chi connectivity index (χ1n) is 8.15. The number of nitrogens with one attached hydrogen (secondary N) is 1. The summed E-state index contributed by atoms with van der Waals surface area (Å²) in [5, 5.41) is 3.04. The fraction of sp³-hybridized carbons (Fsp3) is 0.444. The van der Waals surface area contributed by atoms with Crippen molar-refractivity contribution >= 4 is 11.6 Å². The number of imidazole rings is 1. The van der Waals surface area contributed by atoms with Crippen molar-refractivity contribution in [2.45, 2.75) is 26.7 Å². The van der Waals surface area contributed by atoms with E-state index in [0.29, 0.717) is 0 Å². The number of piperidine rings is 1. The average molecular weight is 312 g/mol. The fourth-order valence-electron chi connectivity index (χ4n) is 2.98. The number of aromatic nitrogens is 2. The number of hydrogen-bond acceptors (Lipinski definition) is 3. The van der Waals surface area contributed by atoms with Gasteiger partial charge >= 0.3 is 0 Å². The first kappa shape index (κ1) is 15.7. The number of carbonyl (C=O) groups excluding carboxylic acids is 1. The van der Waals surface area contributed by atoms with Gasteiger partial charge < -0.3 is 14.8 Å². The second kappa shape index (κ2) is 6.54. The minimum absolute atomic E-state index is 0.129. The summed E-state index contributed by atoms with van der Waals surface area (Å²) >= 11 is 0. The van der Waals surface area contributed by atoms with Crippen molar-refractivity contribution in [3.63, 3.8) is 0 Å². The highest BCUT2D eigenvalue weighted by Gasteiger charge is 2.23. The van der Waals surface area contributed by atoms with Crippen LogP contribution in [0.5, 0.6) is 0 Å². The molecular formula is C18H24N4O. The number of hydrogen-bond donors (Lipinski definition) is 1. The zero-order valence-corrected chi connectivity index (χ0v) is 14.0. The van der Waals surface area contributed by atoms with Crippen LogP contribution in [0.3, 0.4) is 0 Å². The van der Waals surface area contributed by atoms with Crippen LogP contribution in [0, 0.1) is 19.8 Å². The van der Waals surface area contributed by atoms with Gasteiger partial charge in [0.15, 0.2) is 0 Å². The topological polar surface area (TPSA) is 50.2 Å². The molecule has 1 fully saturated rings. The van der Waals surface area contributed by atoms with E-state index in [9.17, 15) is 4.79 Å². The second-order valence-corrected chi connectivity index (χ2v) is 6.40. The van der Waals surface area contributed by atoms with E-state index in [2.05, 4.69) is 33.7 Å². The lowest BCUT2D eigenvalue weighted by Gasteiger charge is -2.28. The van der Waals surface area contributed by atoms with Gasteiger partial charge in [-0.05, 0) is 71.1 Å². The van der Waals surface area contributed by atoms with Crippen LogP contribution in [0.2, 0.25) is 0 Å². The third-order valence-electron chi connectivity index (χ3n) is 4.75. The number of rotatable bonds is 3. The molecule has 1 saturated heterocycles. The lowest BCUT2D eigenvalue weighted by atomic mass is 9.96. The van der Waals surface area contributed by atoms with Crippen LogP contribution < -0.4 is 5.32 Å². The first-order chi connectivity index (χ1) is 11.0. The van der Waals surface area contributed by atoms with Gasteiger partial charge in [-0.15, -0.1) is 0 Å². The van der Waals surface area contributed by atoms with Gasteiger partial charge in [0.1, 0.15) is 0 Å². The van der Waals surface area contributed by atoms with Crippen LogP contribution in [0.15, 0.2) is 30.6 Å². The van der Waals surface area contributed by atoms with Gasteiger partial charge in [-0.1, -0.05) is 0 Å². The van der Waals surface area contributed by atoms with Crippen molar-refractivity contribution < 1.29 is 4.79 Å². The fourth-order valence-corrected chi connectivity index (χ4v) is 2.98. The Hall–Kier alpha value is -2.14. The molecule has 0 unspecified atom stereocenters. The summed E-state index contributed by atoms with van der Waals surface area (Å²) in [5.74, 6) is 0.268. The van der Waals surface area contributed by atoms with E-state index in [1.165, 1.54) is 0 Å². The molecule has 1 aromatic heterocycles. The van der Waals surface area contributed by atoms with Crippen molar-refractivity contribution in [1.82, 2.24) is 14.5 Å². The van der Waals surface area contributed by atoms with E-state index >= 15 is 0 Å². The molecule has 1 amide bonds. The Bertz CT molecular complexity index is 682. The molecule has 0 bridgehead atoms. The predicted octanol–water partition coefficient (Wildman–Crippen LogP) is 2.77. The highest BCUT2D eigenvalue weighted by atomic mass is 16.1. The van der Waals surface area contributed by atoms with E-state index in [1.807, 2.05) is 37.5 Å². The van der Waals surface area contributed by atoms with Crippen LogP contribution in [0.4, 0.5) is 5.69 Å². The molecule has 1 aliphatic heterocycles. The van der Waals surface area contributed by atoms with Gasteiger partial charge in [-0.25, -0.2) is 4.98 Å². The predicted molar refractivity (Wildman–Crippen MR) is 91.9 cm³/mol. The monoisotopic (exact) mass is 312 g/mol. The Morgan fingerprint density at radius 1 is 1.17 bits per heavy atom. The molecule has 0 aliphatic carbocycles. The van der Waals surface area contributed by atoms with Crippen LogP contribution in [0.25, 0.3) is 5.69 Å². The van der Waals surface area contributed by atoms with Gasteiger partial charge in [-0.3, -0.25) is 4.79 Å². The minimum atomic E-state index is 0.129. The Labute approximate surface area is 137 Å². The zero-order chi connectivity index (χ0) is 16.4. The highest BCUT2D eigenvalue weighted by molar-refractivity contribution is 5.92. The first-order valence-corrected chi connectivity index (χ1v) is 8.15. The molecule has 2 aromatic rings. The number of benzene rings is 1. The summed E-state index contributed by atoms with van der Waals surface area (Å²) in [6, 6.07) is 7.94. The number of likely N-dealkylation sites (tertiary alicyclic amines) is 1. The van der Waals surface area contributed by atoms with Gasteiger partial charge in [0.2, 0.25) is 5.91 Å². The molecule has 1 aliphatic rings. The highest BCUT2D eigenvalue weighted by Crippen LogP contribution is 2.20. The van der Waals surface area contributed by atoms with E-state index < -0.39 is 0 Å². The second-order valence-electron chi connectivity index (χ2n) is 6.40. The number of nitrogens with zero attached hydrogens (tertiary/aromatic N) is 3. The van der Waals surface area contributed by atoms with Gasteiger partial charge in [0, 0.05) is 23.0 Å². The maximum atomic E-state index is 12.3. The molecule has 0 radical (unpaired) electrons. The lowest BCUT2D eigenvalue weighted by Crippen LogP contribution is -2.35. The summed E-state index contributed by atoms with van der Waals surface area (Å²) in [4.78, 5) is 18.9. The summed E-state index contributed by atoms with van der Waals surface area (Å²) in [5.41, 5.74) is 4.07. The zero-order valence-electron chi connectivity index (χ0n) is 14.0. The van der Waals surface area contributed by atoms with Crippen LogP contribution >= 0.6 is 0 Å². The molecule has 2 heterocycles. The van der Waals surface area contributed by atoms with E-state index in [-0.39, 0.29) is 11.8 Å². The normalized spacial score (nSPS) is 16.5. The summed E-state index contributed by atoms with van der Waals surface area (Å²) in [6.45, 7) is 6.05. The molecule has 23 heavy (non-hydrogen) atoms. The molecule has 5 nitrogen and oxygen atoms in total. The summed E-state index contributed by atoms with van der Waals surface area (Å²) < 4.78 is 2.05. The van der Waals surface area contributed by atoms with Crippen molar-refractivity contribution in [3.05, 3.63) is 42.0 Å². The van der Waals surface area contributed by atoms with Crippen molar-refractivity contribution in [2.24, 2.45) is 5.92 Å². The summed E-state index contributed by atoms with van der Waals surface area (Å²) in [6.07, 6.45) is 3.71. The molecule has 1 N–H and O–H groups in total. The molecule has 0 atom stereocenters. The van der Waals surface area contributed by atoms with Gasteiger partial charge in [0.05, 0.1) is 12.0 Å². The largest absolute Gasteiger partial charge is 0.326 e. The van der Waals surface area contributed by atoms with Gasteiger partial charge in [0.25, 0.3) is 0 Å². The maximum absolute atomic E-state index is 12.3. The molecule has 1 aromatic carbocycles. The number of anilines is 1. The van der Waals surface area contributed by atoms with Crippen LogP contribution in [0.1, 0.15) is 24.2 Å². The molecule has 0 spiro atoms. The number of aryl methyl sites for hydroxylation is 1. The molecule has 3 rings (SSSR count). The van der Waals surface area contributed by atoms with Crippen molar-refractivity contribution in [3.8, 4) is 5.69 Å². The smallest absolute Gasteiger partial charge is 0.227 e. The third kappa shape index (κ3) is 3.45. The Kier molecular flexibility index (Phi) is 4.48. The van der Waals surface area contributed by atoms with Crippen LogP contribution in [-0.4, -0.2) is 40.5 Å². The van der Waals surface area contributed by atoms with Gasteiger partial charge in [-0.2, -0.15) is 0 Å². The maximum Gasteiger partial charge on any atom is 0.227 e. The molecule has 5 heteroatoms. The lowest BCUT2D eigenvalue weighted by molar-refractivity contribution is -0.121. The summed E-state index contributed by atoms with van der Waals surface area (Å²) in [7, 11) is 2.10. The SMILES string of the molecule is Cc1ncn(-c2ccc(NC(=O)C3CCN(C)CC3)cc2)c1C.